The van der Waals surface area contributed by atoms with Gasteiger partial charge in [0.15, 0.2) is 6.61 Å². The van der Waals surface area contributed by atoms with Crippen LogP contribution >= 0.6 is 11.8 Å². The largest absolute Gasteiger partial charge is 0.455 e. The summed E-state index contributed by atoms with van der Waals surface area (Å²) in [6.45, 7) is 3.09. The van der Waals surface area contributed by atoms with Gasteiger partial charge in [0.1, 0.15) is 5.69 Å². The van der Waals surface area contributed by atoms with E-state index in [1.54, 1.807) is 13.0 Å². The van der Waals surface area contributed by atoms with Gasteiger partial charge in [0.05, 0.1) is 10.7 Å². The molecule has 0 heterocycles. The van der Waals surface area contributed by atoms with E-state index >= 15 is 0 Å². The minimum atomic E-state index is -0.628. The summed E-state index contributed by atoms with van der Waals surface area (Å²) >= 11 is 1.32. The number of esters is 1. The fourth-order valence-electron chi connectivity index (χ4n) is 2.19. The van der Waals surface area contributed by atoms with Crippen LogP contribution in [0, 0.1) is 24.0 Å². The molecule has 26 heavy (non-hydrogen) atoms. The molecule has 0 saturated carbocycles. The van der Waals surface area contributed by atoms with Gasteiger partial charge in [-0.3, -0.25) is 19.7 Å². The Morgan fingerprint density at radius 1 is 1.12 bits per heavy atom. The van der Waals surface area contributed by atoms with E-state index in [9.17, 15) is 19.7 Å². The second-order valence-corrected chi connectivity index (χ2v) is 6.51. The summed E-state index contributed by atoms with van der Waals surface area (Å²) in [5.41, 5.74) is 1.50. The van der Waals surface area contributed by atoms with E-state index in [2.05, 4.69) is 5.32 Å². The van der Waals surface area contributed by atoms with Crippen LogP contribution in [0.3, 0.4) is 0 Å². The Kier molecular flexibility index (Phi) is 6.74. The zero-order valence-corrected chi connectivity index (χ0v) is 15.2. The molecule has 0 fully saturated rings. The summed E-state index contributed by atoms with van der Waals surface area (Å²) in [5, 5.41) is 13.5. The number of amides is 1. The molecule has 1 amide bonds. The molecule has 136 valence electrons. The zero-order chi connectivity index (χ0) is 19.1. The lowest BCUT2D eigenvalue weighted by atomic mass is 10.1. The second-order valence-electron chi connectivity index (χ2n) is 5.49. The third kappa shape index (κ3) is 5.32. The molecule has 0 unspecified atom stereocenters. The van der Waals surface area contributed by atoms with Crippen LogP contribution in [-0.2, 0) is 14.3 Å². The summed E-state index contributed by atoms with van der Waals surface area (Å²) in [6.07, 6.45) is 0. The molecule has 7 nitrogen and oxygen atoms in total. The Hall–Kier alpha value is -2.87. The van der Waals surface area contributed by atoms with Crippen molar-refractivity contribution in [2.24, 2.45) is 0 Å². The van der Waals surface area contributed by atoms with Crippen LogP contribution < -0.4 is 5.32 Å². The van der Waals surface area contributed by atoms with Crippen molar-refractivity contribution < 1.29 is 19.2 Å². The normalized spacial score (nSPS) is 10.2. The van der Waals surface area contributed by atoms with Crippen LogP contribution in [0.1, 0.15) is 11.1 Å². The molecule has 0 aliphatic heterocycles. The van der Waals surface area contributed by atoms with Crippen molar-refractivity contribution in [3.05, 3.63) is 63.7 Å². The maximum absolute atomic E-state index is 12.0. The predicted octanol–water partition coefficient (Wildman–Crippen LogP) is 3.49. The SMILES string of the molecule is Cc1ccccc1SCC(=O)OCC(=O)Nc1c(C)cccc1[N+](=O)[O-]. The topological polar surface area (TPSA) is 98.5 Å². The number of para-hydroxylation sites is 1. The van der Waals surface area contributed by atoms with Crippen molar-refractivity contribution >= 4 is 35.0 Å². The van der Waals surface area contributed by atoms with Crippen molar-refractivity contribution in [2.75, 3.05) is 17.7 Å². The molecule has 2 aromatic rings. The fourth-order valence-corrected chi connectivity index (χ4v) is 3.01. The van der Waals surface area contributed by atoms with Gasteiger partial charge in [0.2, 0.25) is 0 Å². The van der Waals surface area contributed by atoms with Crippen LogP contribution in [0.15, 0.2) is 47.4 Å². The van der Waals surface area contributed by atoms with Crippen LogP contribution in [-0.4, -0.2) is 29.2 Å². The molecule has 2 rings (SSSR count). The number of benzene rings is 2. The standard InChI is InChI=1S/C18H18N2O5S/c1-12-6-3-4-9-15(12)26-11-17(22)25-10-16(21)19-18-13(2)7-5-8-14(18)20(23)24/h3-9H,10-11H2,1-2H3,(H,19,21). The van der Waals surface area contributed by atoms with Gasteiger partial charge in [-0.25, -0.2) is 0 Å². The first-order valence-electron chi connectivity index (χ1n) is 7.76. The van der Waals surface area contributed by atoms with Gasteiger partial charge in [-0.2, -0.15) is 0 Å². The average molecular weight is 374 g/mol. The number of carbonyl (C=O) groups excluding carboxylic acids is 2. The predicted molar refractivity (Wildman–Crippen MR) is 99.3 cm³/mol. The van der Waals surface area contributed by atoms with Crippen molar-refractivity contribution in [3.63, 3.8) is 0 Å². The number of aryl methyl sites for hydroxylation is 2. The van der Waals surface area contributed by atoms with E-state index in [1.165, 1.54) is 23.9 Å². The van der Waals surface area contributed by atoms with E-state index in [-0.39, 0.29) is 17.1 Å². The highest BCUT2D eigenvalue weighted by molar-refractivity contribution is 8.00. The summed E-state index contributed by atoms with van der Waals surface area (Å²) < 4.78 is 4.94. The maximum atomic E-state index is 12.0. The molecule has 0 aliphatic carbocycles. The van der Waals surface area contributed by atoms with E-state index in [4.69, 9.17) is 4.74 Å². The first-order valence-corrected chi connectivity index (χ1v) is 8.75. The van der Waals surface area contributed by atoms with Gasteiger partial charge in [-0.1, -0.05) is 30.3 Å². The van der Waals surface area contributed by atoms with E-state index in [0.29, 0.717) is 5.56 Å². The minimum Gasteiger partial charge on any atom is -0.455 e. The Morgan fingerprint density at radius 3 is 2.50 bits per heavy atom. The molecule has 0 spiro atoms. The van der Waals surface area contributed by atoms with Gasteiger partial charge in [-0.05, 0) is 31.0 Å². The Morgan fingerprint density at radius 2 is 1.81 bits per heavy atom. The lowest BCUT2D eigenvalue weighted by molar-refractivity contribution is -0.384. The van der Waals surface area contributed by atoms with E-state index in [1.807, 2.05) is 31.2 Å². The average Bonchev–Trinajstić information content (AvgIpc) is 2.60. The van der Waals surface area contributed by atoms with Crippen molar-refractivity contribution in [2.45, 2.75) is 18.7 Å². The molecule has 0 saturated heterocycles. The number of nitrogens with zero attached hydrogens (tertiary/aromatic N) is 1. The smallest absolute Gasteiger partial charge is 0.316 e. The summed E-state index contributed by atoms with van der Waals surface area (Å²) in [5.74, 6) is -1.09. The molecule has 0 atom stereocenters. The van der Waals surface area contributed by atoms with E-state index < -0.39 is 23.4 Å². The summed E-state index contributed by atoms with van der Waals surface area (Å²) in [6, 6.07) is 12.1. The number of nitro groups is 1. The van der Waals surface area contributed by atoms with Gasteiger partial charge in [0.25, 0.3) is 11.6 Å². The first kappa shape index (κ1) is 19.5. The van der Waals surface area contributed by atoms with Crippen molar-refractivity contribution in [1.82, 2.24) is 0 Å². The summed E-state index contributed by atoms with van der Waals surface area (Å²) in [7, 11) is 0. The number of ether oxygens (including phenoxy) is 1. The van der Waals surface area contributed by atoms with Crippen LogP contribution in [0.5, 0.6) is 0 Å². The third-order valence-electron chi connectivity index (χ3n) is 3.52. The lowest BCUT2D eigenvalue weighted by Crippen LogP contribution is -2.22. The number of thioether (sulfide) groups is 1. The molecule has 2 aromatic carbocycles. The number of hydrogen-bond donors (Lipinski definition) is 1. The van der Waals surface area contributed by atoms with Gasteiger partial charge < -0.3 is 10.1 Å². The van der Waals surface area contributed by atoms with Crippen molar-refractivity contribution in [1.29, 1.82) is 0 Å². The maximum Gasteiger partial charge on any atom is 0.316 e. The number of anilines is 1. The number of nitrogens with one attached hydrogen (secondary N) is 1. The molecule has 0 aromatic heterocycles. The molecule has 0 radical (unpaired) electrons. The van der Waals surface area contributed by atoms with Crippen LogP contribution in [0.25, 0.3) is 0 Å². The third-order valence-corrected chi connectivity index (χ3v) is 4.66. The molecular formula is C18H18N2O5S. The molecular weight excluding hydrogens is 356 g/mol. The fraction of sp³-hybridized carbons (Fsp3) is 0.222. The molecule has 0 aliphatic rings. The Balaban J connectivity index is 1.86. The number of rotatable bonds is 7. The molecule has 8 heteroatoms. The number of nitro benzene ring substituents is 1. The lowest BCUT2D eigenvalue weighted by Gasteiger charge is -2.09. The summed E-state index contributed by atoms with van der Waals surface area (Å²) in [4.78, 5) is 35.2. The van der Waals surface area contributed by atoms with Crippen LogP contribution in [0.2, 0.25) is 0 Å². The Labute approximate surface area is 154 Å². The van der Waals surface area contributed by atoms with Gasteiger partial charge in [-0.15, -0.1) is 11.8 Å². The van der Waals surface area contributed by atoms with Gasteiger partial charge in [0, 0.05) is 11.0 Å². The monoisotopic (exact) mass is 374 g/mol. The zero-order valence-electron chi connectivity index (χ0n) is 14.4. The first-order chi connectivity index (χ1) is 12.4. The molecule has 1 N–H and O–H groups in total. The number of hydrogen-bond acceptors (Lipinski definition) is 6. The highest BCUT2D eigenvalue weighted by Gasteiger charge is 2.18. The van der Waals surface area contributed by atoms with Crippen LogP contribution in [0.4, 0.5) is 11.4 Å². The quantitative estimate of drug-likeness (QED) is 0.345. The Bertz CT molecular complexity index is 838. The number of carbonyl (C=O) groups is 2. The second kappa shape index (κ2) is 9.00. The molecule has 0 bridgehead atoms. The van der Waals surface area contributed by atoms with Gasteiger partial charge >= 0.3 is 5.97 Å². The van der Waals surface area contributed by atoms with Crippen molar-refractivity contribution in [3.8, 4) is 0 Å². The minimum absolute atomic E-state index is 0.0721. The highest BCUT2D eigenvalue weighted by atomic mass is 32.2. The highest BCUT2D eigenvalue weighted by Crippen LogP contribution is 2.27. The van der Waals surface area contributed by atoms with E-state index in [0.717, 1.165) is 10.5 Å².